The van der Waals surface area contributed by atoms with Crippen LogP contribution >= 0.6 is 33.9 Å². The zero-order valence-electron chi connectivity index (χ0n) is 6.93. The normalized spacial score (nSPS) is 11.4. The fraction of sp³-hybridized carbons (Fsp3) is 0.111. The lowest BCUT2D eigenvalue weighted by molar-refractivity contribution is 0.151. The van der Waals surface area contributed by atoms with Gasteiger partial charge in [-0.2, -0.15) is 0 Å². The molecule has 0 fully saturated rings. The van der Waals surface area contributed by atoms with E-state index in [4.69, 9.17) is 5.73 Å². The maximum atomic E-state index is 12.5. The summed E-state index contributed by atoms with van der Waals surface area (Å²) in [6.07, 6.45) is -2.42. The van der Waals surface area contributed by atoms with E-state index < -0.39 is 6.43 Å². The second kappa shape index (κ2) is 3.62. The van der Waals surface area contributed by atoms with E-state index in [1.807, 2.05) is 28.7 Å². The number of rotatable bonds is 1. The monoisotopic (exact) mass is 325 g/mol. The van der Waals surface area contributed by atoms with Crippen molar-refractivity contribution in [3.8, 4) is 0 Å². The van der Waals surface area contributed by atoms with Crippen molar-refractivity contribution in [1.29, 1.82) is 0 Å². The Morgan fingerprint density at radius 3 is 2.64 bits per heavy atom. The largest absolute Gasteiger partial charge is 0.391 e. The Balaban J connectivity index is 2.71. The summed E-state index contributed by atoms with van der Waals surface area (Å²) >= 11 is 3.39. The van der Waals surface area contributed by atoms with Gasteiger partial charge in [0.25, 0.3) is 6.43 Å². The van der Waals surface area contributed by atoms with E-state index in [-0.39, 0.29) is 5.56 Å². The van der Waals surface area contributed by atoms with Gasteiger partial charge in [0.05, 0.1) is 5.00 Å². The topological polar surface area (TPSA) is 26.0 Å². The molecule has 14 heavy (non-hydrogen) atoms. The van der Waals surface area contributed by atoms with Gasteiger partial charge in [-0.1, -0.05) is 0 Å². The number of halogens is 3. The minimum Gasteiger partial charge on any atom is -0.391 e. The van der Waals surface area contributed by atoms with Crippen molar-refractivity contribution >= 4 is 49.0 Å². The summed E-state index contributed by atoms with van der Waals surface area (Å²) in [5, 5.41) is 1.61. The van der Waals surface area contributed by atoms with Crippen LogP contribution in [0.1, 0.15) is 12.0 Å². The number of benzene rings is 1. The maximum Gasteiger partial charge on any atom is 0.263 e. The first kappa shape index (κ1) is 10.1. The molecule has 0 aliphatic carbocycles. The van der Waals surface area contributed by atoms with Crippen LogP contribution < -0.4 is 5.73 Å². The summed E-state index contributed by atoms with van der Waals surface area (Å²) in [5.74, 6) is 0. The van der Waals surface area contributed by atoms with Gasteiger partial charge in [-0.05, 0) is 40.8 Å². The van der Waals surface area contributed by atoms with Gasteiger partial charge in [-0.3, -0.25) is 0 Å². The number of nitrogens with two attached hydrogens (primary N) is 1. The van der Waals surface area contributed by atoms with Crippen molar-refractivity contribution in [3.05, 3.63) is 27.3 Å². The van der Waals surface area contributed by atoms with Crippen LogP contribution in [-0.2, 0) is 0 Å². The number of hydrogen-bond donors (Lipinski definition) is 1. The van der Waals surface area contributed by atoms with Crippen molar-refractivity contribution in [2.24, 2.45) is 0 Å². The van der Waals surface area contributed by atoms with Gasteiger partial charge in [-0.25, -0.2) is 8.78 Å². The molecule has 1 aromatic carbocycles. The van der Waals surface area contributed by atoms with Gasteiger partial charge in [-0.15, -0.1) is 11.3 Å². The van der Waals surface area contributed by atoms with E-state index in [0.717, 1.165) is 13.7 Å². The fourth-order valence-corrected chi connectivity index (χ4v) is 3.16. The highest BCUT2D eigenvalue weighted by Gasteiger charge is 2.11. The highest BCUT2D eigenvalue weighted by Crippen LogP contribution is 2.34. The Hall–Kier alpha value is -0.430. The summed E-state index contributed by atoms with van der Waals surface area (Å²) < 4.78 is 26.5. The first-order chi connectivity index (χ1) is 6.58. The van der Waals surface area contributed by atoms with Crippen LogP contribution in [0.4, 0.5) is 13.8 Å². The molecular weight excluding hydrogens is 319 g/mol. The molecular formula is C9H6F2INS. The van der Waals surface area contributed by atoms with Crippen LogP contribution in [-0.4, -0.2) is 0 Å². The summed E-state index contributed by atoms with van der Waals surface area (Å²) in [7, 11) is 0. The Morgan fingerprint density at radius 2 is 2.00 bits per heavy atom. The highest BCUT2D eigenvalue weighted by molar-refractivity contribution is 14.1. The number of alkyl halides is 2. The smallest absolute Gasteiger partial charge is 0.263 e. The molecule has 0 saturated heterocycles. The van der Waals surface area contributed by atoms with Crippen molar-refractivity contribution in [2.75, 3.05) is 5.73 Å². The van der Waals surface area contributed by atoms with Crippen molar-refractivity contribution in [1.82, 2.24) is 0 Å². The molecule has 0 aliphatic rings. The lowest BCUT2D eigenvalue weighted by Gasteiger charge is -2.01. The van der Waals surface area contributed by atoms with Gasteiger partial charge < -0.3 is 5.73 Å². The summed E-state index contributed by atoms with van der Waals surface area (Å²) in [6.45, 7) is 0. The van der Waals surface area contributed by atoms with Gasteiger partial charge in [0.1, 0.15) is 0 Å². The Morgan fingerprint density at radius 1 is 1.29 bits per heavy atom. The van der Waals surface area contributed by atoms with Crippen LogP contribution in [0, 0.1) is 3.57 Å². The minimum atomic E-state index is -2.42. The second-order valence-electron chi connectivity index (χ2n) is 2.86. The zero-order chi connectivity index (χ0) is 10.3. The molecule has 0 saturated carbocycles. The van der Waals surface area contributed by atoms with E-state index in [1.165, 1.54) is 23.5 Å². The van der Waals surface area contributed by atoms with E-state index in [9.17, 15) is 8.78 Å². The number of anilines is 1. The standard InChI is InChI=1S/C9H6F2INS/c10-9(11)4-1-6(12)5-3-8(13)14-7(5)2-4/h1-3,9H,13H2. The van der Waals surface area contributed by atoms with Gasteiger partial charge in [0.2, 0.25) is 0 Å². The Kier molecular flexibility index (Phi) is 2.61. The quantitative estimate of drug-likeness (QED) is 0.787. The third kappa shape index (κ3) is 1.70. The molecule has 2 N–H and O–H groups in total. The highest BCUT2D eigenvalue weighted by atomic mass is 127. The van der Waals surface area contributed by atoms with Crippen LogP contribution in [0.3, 0.4) is 0 Å². The lowest BCUT2D eigenvalue weighted by Crippen LogP contribution is -1.84. The lowest BCUT2D eigenvalue weighted by atomic mass is 10.2. The predicted molar refractivity (Wildman–Crippen MR) is 63.9 cm³/mol. The van der Waals surface area contributed by atoms with Crippen LogP contribution in [0.15, 0.2) is 18.2 Å². The third-order valence-corrected chi connectivity index (χ3v) is 3.68. The Labute approximate surface area is 97.1 Å². The molecule has 0 aliphatic heterocycles. The van der Waals surface area contributed by atoms with Crippen LogP contribution in [0.2, 0.25) is 0 Å². The Bertz CT molecular complexity index is 481. The molecule has 0 atom stereocenters. The molecule has 0 unspecified atom stereocenters. The molecule has 2 aromatic rings. The zero-order valence-corrected chi connectivity index (χ0v) is 9.90. The molecule has 1 nitrogen and oxygen atoms in total. The van der Waals surface area contributed by atoms with Crippen molar-refractivity contribution < 1.29 is 8.78 Å². The van der Waals surface area contributed by atoms with Crippen molar-refractivity contribution in [2.45, 2.75) is 6.43 Å². The number of nitrogen functional groups attached to an aromatic ring is 1. The molecule has 0 bridgehead atoms. The SMILES string of the molecule is Nc1cc2c(I)cc(C(F)F)cc2s1. The fourth-order valence-electron chi connectivity index (χ4n) is 1.26. The molecule has 0 spiro atoms. The van der Waals surface area contributed by atoms with E-state index in [0.29, 0.717) is 5.00 Å². The van der Waals surface area contributed by atoms with Crippen molar-refractivity contribution in [3.63, 3.8) is 0 Å². The van der Waals surface area contributed by atoms with E-state index in [2.05, 4.69) is 0 Å². The van der Waals surface area contributed by atoms with Crippen LogP contribution in [0.5, 0.6) is 0 Å². The van der Waals surface area contributed by atoms with Gasteiger partial charge in [0.15, 0.2) is 0 Å². The van der Waals surface area contributed by atoms with Gasteiger partial charge in [0, 0.05) is 19.2 Å². The second-order valence-corrected chi connectivity index (χ2v) is 5.14. The molecule has 74 valence electrons. The van der Waals surface area contributed by atoms with Gasteiger partial charge >= 0.3 is 0 Å². The van der Waals surface area contributed by atoms with E-state index >= 15 is 0 Å². The number of thiophene rings is 1. The molecule has 2 rings (SSSR count). The first-order valence-electron chi connectivity index (χ1n) is 3.84. The van der Waals surface area contributed by atoms with Crippen LogP contribution in [0.25, 0.3) is 10.1 Å². The minimum absolute atomic E-state index is 0.0590. The molecule has 0 radical (unpaired) electrons. The summed E-state index contributed by atoms with van der Waals surface area (Å²) in [6, 6.07) is 4.82. The molecule has 5 heteroatoms. The van der Waals surface area contributed by atoms with E-state index in [1.54, 1.807) is 0 Å². The molecule has 1 aromatic heterocycles. The third-order valence-electron chi connectivity index (χ3n) is 1.88. The predicted octanol–water partition coefficient (Wildman–Crippen LogP) is 4.03. The number of fused-ring (bicyclic) bond motifs is 1. The summed E-state index contributed by atoms with van der Waals surface area (Å²) in [5.41, 5.74) is 5.67. The summed E-state index contributed by atoms with van der Waals surface area (Å²) in [4.78, 5) is 0. The molecule has 1 heterocycles. The number of hydrogen-bond acceptors (Lipinski definition) is 2. The maximum absolute atomic E-state index is 12.5. The average Bonchev–Trinajstić information content (AvgIpc) is 2.45. The molecule has 0 amide bonds. The average molecular weight is 325 g/mol. The first-order valence-corrected chi connectivity index (χ1v) is 5.74.